The van der Waals surface area contributed by atoms with Gasteiger partial charge in [-0.3, -0.25) is 0 Å². The topological polar surface area (TPSA) is 20.2 Å². The number of hydrogen-bond donors (Lipinski definition) is 1. The molecule has 0 amide bonds. The first-order chi connectivity index (χ1) is 6.38. The highest BCUT2D eigenvalue weighted by Gasteiger charge is 1.92. The lowest BCUT2D eigenvalue weighted by Crippen LogP contribution is -1.82. The van der Waals surface area contributed by atoms with Gasteiger partial charge in [-0.25, -0.2) is 0 Å². The Kier molecular flexibility index (Phi) is 3.64. The predicted octanol–water partition coefficient (Wildman–Crippen LogP) is 1.40. The minimum atomic E-state index is 0.0885. The average Bonchev–Trinajstić information content (AvgIpc) is 2.19. The van der Waals surface area contributed by atoms with Crippen LogP contribution in [0.4, 0.5) is 0 Å². The van der Waals surface area contributed by atoms with E-state index < -0.39 is 0 Å². The molecule has 0 atom stereocenters. The molecular formula is C12H10O. The predicted molar refractivity (Wildman–Crippen MR) is 53.0 cm³/mol. The van der Waals surface area contributed by atoms with Gasteiger partial charge in [-0.15, -0.1) is 6.42 Å². The summed E-state index contributed by atoms with van der Waals surface area (Å²) in [6.45, 7) is 0.0885. The second-order valence-corrected chi connectivity index (χ2v) is 2.47. The van der Waals surface area contributed by atoms with Crippen LogP contribution in [0.1, 0.15) is 17.5 Å². The third-order valence-corrected chi connectivity index (χ3v) is 1.54. The molecule has 0 aliphatic carbocycles. The molecule has 0 aliphatic heterocycles. The Bertz CT molecular complexity index is 374. The Morgan fingerprint density at radius 1 is 1.23 bits per heavy atom. The minimum Gasteiger partial charge on any atom is -0.395 e. The van der Waals surface area contributed by atoms with E-state index in [1.165, 1.54) is 0 Å². The second kappa shape index (κ2) is 5.04. The molecule has 64 valence electrons. The van der Waals surface area contributed by atoms with Gasteiger partial charge in [0.15, 0.2) is 0 Å². The fourth-order valence-corrected chi connectivity index (χ4v) is 0.932. The van der Waals surface area contributed by atoms with Crippen LogP contribution < -0.4 is 0 Å². The van der Waals surface area contributed by atoms with Crippen molar-refractivity contribution >= 4 is 0 Å². The van der Waals surface area contributed by atoms with Crippen molar-refractivity contribution in [2.45, 2.75) is 6.42 Å². The summed E-state index contributed by atoms with van der Waals surface area (Å²) in [5.74, 6) is 8.30. The summed E-state index contributed by atoms with van der Waals surface area (Å²) in [6.07, 6.45) is 5.77. The molecule has 1 nitrogen and oxygen atoms in total. The van der Waals surface area contributed by atoms with E-state index in [4.69, 9.17) is 11.5 Å². The molecule has 0 fully saturated rings. The highest BCUT2D eigenvalue weighted by Crippen LogP contribution is 2.04. The van der Waals surface area contributed by atoms with E-state index in [0.717, 1.165) is 11.1 Å². The lowest BCUT2D eigenvalue weighted by molar-refractivity contribution is 0.305. The molecule has 13 heavy (non-hydrogen) atoms. The molecule has 0 radical (unpaired) electrons. The van der Waals surface area contributed by atoms with Crippen LogP contribution in [0.25, 0.3) is 0 Å². The van der Waals surface area contributed by atoms with Gasteiger partial charge in [0.2, 0.25) is 0 Å². The van der Waals surface area contributed by atoms with Crippen molar-refractivity contribution in [1.29, 1.82) is 0 Å². The molecule has 1 aromatic carbocycles. The van der Waals surface area contributed by atoms with E-state index in [0.29, 0.717) is 6.42 Å². The van der Waals surface area contributed by atoms with E-state index in [1.807, 2.05) is 24.3 Å². The molecule has 0 bridgehead atoms. The summed E-state index contributed by atoms with van der Waals surface area (Å²) in [6, 6.07) is 7.50. The zero-order valence-corrected chi connectivity index (χ0v) is 7.25. The molecule has 0 unspecified atom stereocenters. The summed E-state index contributed by atoms with van der Waals surface area (Å²) in [5, 5.41) is 8.53. The molecule has 0 spiro atoms. The van der Waals surface area contributed by atoms with Crippen LogP contribution in [0.15, 0.2) is 24.3 Å². The van der Waals surface area contributed by atoms with Crippen LogP contribution in [0, 0.1) is 24.2 Å². The quantitative estimate of drug-likeness (QED) is 0.632. The molecule has 0 heterocycles. The van der Waals surface area contributed by atoms with Crippen molar-refractivity contribution in [2.24, 2.45) is 0 Å². The standard InChI is InChI=1S/C12H10O/c1-2-11-7-3-4-8-12(11)9-5-6-10-13/h1,3-4,7-8,13H,6,10H2. The largest absolute Gasteiger partial charge is 0.395 e. The fraction of sp³-hybridized carbons (Fsp3) is 0.167. The molecule has 1 N–H and O–H groups in total. The van der Waals surface area contributed by atoms with Gasteiger partial charge in [-0.05, 0) is 12.1 Å². The maximum absolute atomic E-state index is 8.53. The summed E-state index contributed by atoms with van der Waals surface area (Å²) in [7, 11) is 0. The van der Waals surface area contributed by atoms with Gasteiger partial charge in [0.05, 0.1) is 6.61 Å². The van der Waals surface area contributed by atoms with Crippen LogP contribution in [-0.4, -0.2) is 11.7 Å². The number of aliphatic hydroxyl groups excluding tert-OH is 1. The number of aliphatic hydroxyl groups is 1. The van der Waals surface area contributed by atoms with Gasteiger partial charge in [0, 0.05) is 17.5 Å². The summed E-state index contributed by atoms with van der Waals surface area (Å²) < 4.78 is 0. The van der Waals surface area contributed by atoms with Crippen LogP contribution >= 0.6 is 0 Å². The molecule has 0 aromatic heterocycles. The van der Waals surface area contributed by atoms with E-state index in [-0.39, 0.29) is 6.61 Å². The number of rotatable bonds is 1. The van der Waals surface area contributed by atoms with Crippen molar-refractivity contribution in [1.82, 2.24) is 0 Å². The fourth-order valence-electron chi connectivity index (χ4n) is 0.932. The Hall–Kier alpha value is -1.70. The maximum atomic E-state index is 8.53. The van der Waals surface area contributed by atoms with Crippen LogP contribution in [-0.2, 0) is 0 Å². The number of benzene rings is 1. The molecule has 0 saturated carbocycles. The van der Waals surface area contributed by atoms with Gasteiger partial charge in [-0.1, -0.05) is 29.9 Å². The number of hydrogen-bond acceptors (Lipinski definition) is 1. The van der Waals surface area contributed by atoms with Gasteiger partial charge in [0.1, 0.15) is 0 Å². The molecule has 1 aromatic rings. The SMILES string of the molecule is C#Cc1ccccc1C#CCCO. The third kappa shape index (κ3) is 2.67. The van der Waals surface area contributed by atoms with Crippen LogP contribution in [0.5, 0.6) is 0 Å². The first-order valence-corrected chi connectivity index (χ1v) is 4.04. The maximum Gasteiger partial charge on any atom is 0.0540 e. The summed E-state index contributed by atoms with van der Waals surface area (Å²) in [5.41, 5.74) is 1.64. The molecule has 1 heteroatoms. The summed E-state index contributed by atoms with van der Waals surface area (Å²) in [4.78, 5) is 0. The highest BCUT2D eigenvalue weighted by atomic mass is 16.2. The lowest BCUT2D eigenvalue weighted by atomic mass is 10.1. The number of terminal acetylenes is 1. The highest BCUT2D eigenvalue weighted by molar-refractivity contribution is 5.48. The molecule has 1 rings (SSSR count). The second-order valence-electron chi connectivity index (χ2n) is 2.47. The Labute approximate surface area is 78.4 Å². The van der Waals surface area contributed by atoms with Gasteiger partial charge in [-0.2, -0.15) is 0 Å². The van der Waals surface area contributed by atoms with Crippen LogP contribution in [0.2, 0.25) is 0 Å². The van der Waals surface area contributed by atoms with E-state index >= 15 is 0 Å². The van der Waals surface area contributed by atoms with Gasteiger partial charge >= 0.3 is 0 Å². The van der Waals surface area contributed by atoms with Crippen molar-refractivity contribution in [2.75, 3.05) is 6.61 Å². The Morgan fingerprint density at radius 3 is 2.54 bits per heavy atom. The van der Waals surface area contributed by atoms with E-state index in [1.54, 1.807) is 0 Å². The van der Waals surface area contributed by atoms with Crippen molar-refractivity contribution < 1.29 is 5.11 Å². The van der Waals surface area contributed by atoms with Crippen molar-refractivity contribution in [3.05, 3.63) is 35.4 Å². The van der Waals surface area contributed by atoms with E-state index in [9.17, 15) is 0 Å². The average molecular weight is 170 g/mol. The van der Waals surface area contributed by atoms with Crippen molar-refractivity contribution in [3.8, 4) is 24.2 Å². The minimum absolute atomic E-state index is 0.0885. The van der Waals surface area contributed by atoms with Crippen molar-refractivity contribution in [3.63, 3.8) is 0 Å². The zero-order valence-electron chi connectivity index (χ0n) is 7.25. The van der Waals surface area contributed by atoms with Gasteiger partial charge < -0.3 is 5.11 Å². The molecule has 0 aliphatic rings. The summed E-state index contributed by atoms with van der Waals surface area (Å²) >= 11 is 0. The van der Waals surface area contributed by atoms with Gasteiger partial charge in [0.25, 0.3) is 0 Å². The zero-order chi connectivity index (χ0) is 9.52. The monoisotopic (exact) mass is 170 g/mol. The Balaban J connectivity index is 2.91. The molecular weight excluding hydrogens is 160 g/mol. The lowest BCUT2D eigenvalue weighted by Gasteiger charge is -1.93. The smallest absolute Gasteiger partial charge is 0.0540 e. The molecule has 0 saturated heterocycles. The van der Waals surface area contributed by atoms with Crippen LogP contribution in [0.3, 0.4) is 0 Å². The van der Waals surface area contributed by atoms with E-state index in [2.05, 4.69) is 17.8 Å². The first kappa shape index (κ1) is 9.39. The Morgan fingerprint density at radius 2 is 1.92 bits per heavy atom. The normalized spacial score (nSPS) is 8.31. The third-order valence-electron chi connectivity index (χ3n) is 1.54. The first-order valence-electron chi connectivity index (χ1n) is 4.04.